The Morgan fingerprint density at radius 2 is 1.52 bits per heavy atom. The number of aromatic nitrogens is 2. The van der Waals surface area contributed by atoms with Crippen LogP contribution in [0.15, 0.2) is 47.4 Å². The van der Waals surface area contributed by atoms with Crippen molar-refractivity contribution in [3.63, 3.8) is 0 Å². The lowest BCUT2D eigenvalue weighted by Gasteiger charge is -2.10. The highest BCUT2D eigenvalue weighted by molar-refractivity contribution is 7.92. The molecule has 1 amide bonds. The van der Waals surface area contributed by atoms with Crippen LogP contribution >= 0.6 is 11.3 Å². The molecule has 0 spiro atoms. The van der Waals surface area contributed by atoms with Gasteiger partial charge in [-0.25, -0.2) is 16.8 Å². The lowest BCUT2D eigenvalue weighted by molar-refractivity contribution is 0.102. The molecule has 0 radical (unpaired) electrons. The summed E-state index contributed by atoms with van der Waals surface area (Å²) in [6.45, 7) is 3.73. The molecule has 3 rings (SSSR count). The van der Waals surface area contributed by atoms with Gasteiger partial charge in [0.2, 0.25) is 20.3 Å². The summed E-state index contributed by atoms with van der Waals surface area (Å²) in [7, 11) is -7.27. The molecule has 31 heavy (non-hydrogen) atoms. The predicted molar refractivity (Wildman–Crippen MR) is 119 cm³/mol. The normalized spacial score (nSPS) is 11.7. The van der Waals surface area contributed by atoms with Gasteiger partial charge in [-0.15, -0.1) is 10.2 Å². The second-order valence-electron chi connectivity index (χ2n) is 6.67. The largest absolute Gasteiger partial charge is 0.296 e. The van der Waals surface area contributed by atoms with Gasteiger partial charge < -0.3 is 0 Å². The summed E-state index contributed by atoms with van der Waals surface area (Å²) >= 11 is 0.857. The zero-order valence-corrected chi connectivity index (χ0v) is 19.2. The van der Waals surface area contributed by atoms with Crippen molar-refractivity contribution < 1.29 is 21.6 Å². The van der Waals surface area contributed by atoms with Gasteiger partial charge >= 0.3 is 0 Å². The second kappa shape index (κ2) is 8.61. The molecule has 0 aliphatic carbocycles. The van der Waals surface area contributed by atoms with E-state index in [1.165, 1.54) is 30.3 Å². The van der Waals surface area contributed by atoms with Crippen LogP contribution in [0, 0.1) is 13.8 Å². The first-order valence-corrected chi connectivity index (χ1v) is 12.9. The van der Waals surface area contributed by atoms with Crippen LogP contribution in [0.2, 0.25) is 0 Å². The molecule has 0 unspecified atom stereocenters. The first-order valence-electron chi connectivity index (χ1n) is 8.76. The smallest absolute Gasteiger partial charge is 0.261 e. The molecule has 0 bridgehead atoms. The van der Waals surface area contributed by atoms with Gasteiger partial charge in [-0.05, 0) is 61.4 Å². The summed E-state index contributed by atoms with van der Waals surface area (Å²) in [5.41, 5.74) is 2.40. The van der Waals surface area contributed by atoms with Crippen LogP contribution in [0.5, 0.6) is 0 Å². The number of nitrogens with zero attached hydrogens (tertiary/aromatic N) is 2. The van der Waals surface area contributed by atoms with Crippen molar-refractivity contribution in [2.45, 2.75) is 18.7 Å². The highest BCUT2D eigenvalue weighted by Gasteiger charge is 2.16. The van der Waals surface area contributed by atoms with Gasteiger partial charge in [-0.1, -0.05) is 17.4 Å². The summed E-state index contributed by atoms with van der Waals surface area (Å²) in [5, 5.41) is 9.96. The minimum Gasteiger partial charge on any atom is -0.296 e. The molecule has 1 heterocycles. The van der Waals surface area contributed by atoms with E-state index in [0.717, 1.165) is 28.7 Å². The number of nitrogens with one attached hydrogen (secondary N) is 3. The van der Waals surface area contributed by atoms with E-state index >= 15 is 0 Å². The molecule has 0 saturated carbocycles. The van der Waals surface area contributed by atoms with Crippen LogP contribution in [0.3, 0.4) is 0 Å². The third kappa shape index (κ3) is 5.99. The van der Waals surface area contributed by atoms with Crippen LogP contribution < -0.4 is 14.8 Å². The van der Waals surface area contributed by atoms with E-state index < -0.39 is 26.0 Å². The molecule has 0 aliphatic heterocycles. The monoisotopic (exact) mass is 481 g/mol. The molecular formula is C18H19N5O5S3. The lowest BCUT2D eigenvalue weighted by atomic mass is 10.1. The molecule has 1 aromatic heterocycles. The van der Waals surface area contributed by atoms with Crippen molar-refractivity contribution in [1.82, 2.24) is 10.2 Å². The summed E-state index contributed by atoms with van der Waals surface area (Å²) in [6, 6.07) is 10.7. The first kappa shape index (κ1) is 22.7. The maximum atomic E-state index is 12.6. The van der Waals surface area contributed by atoms with Gasteiger partial charge in [0, 0.05) is 11.3 Å². The Bertz CT molecular complexity index is 1330. The minimum atomic E-state index is -3.77. The lowest BCUT2D eigenvalue weighted by Crippen LogP contribution is -2.14. The van der Waals surface area contributed by atoms with Crippen molar-refractivity contribution in [3.05, 3.63) is 59.2 Å². The van der Waals surface area contributed by atoms with Crippen molar-refractivity contribution in [3.8, 4) is 0 Å². The van der Waals surface area contributed by atoms with Gasteiger partial charge in [0.05, 0.1) is 11.2 Å². The summed E-state index contributed by atoms with van der Waals surface area (Å²) in [4.78, 5) is 12.5. The Hall–Kier alpha value is -3.03. The Morgan fingerprint density at radius 3 is 2.13 bits per heavy atom. The molecule has 2 aromatic carbocycles. The number of rotatable bonds is 7. The topological polar surface area (TPSA) is 147 Å². The molecule has 3 aromatic rings. The van der Waals surface area contributed by atoms with Crippen LogP contribution in [0.25, 0.3) is 0 Å². The van der Waals surface area contributed by atoms with Crippen molar-refractivity contribution in [2.24, 2.45) is 0 Å². The molecular weight excluding hydrogens is 462 g/mol. The molecule has 13 heteroatoms. The zero-order valence-electron chi connectivity index (χ0n) is 16.7. The Labute approximate surface area is 183 Å². The van der Waals surface area contributed by atoms with E-state index in [9.17, 15) is 21.6 Å². The number of amides is 1. The third-order valence-electron chi connectivity index (χ3n) is 4.11. The van der Waals surface area contributed by atoms with Gasteiger partial charge in [0.25, 0.3) is 15.9 Å². The fourth-order valence-corrected chi connectivity index (χ4v) is 5.04. The Kier molecular flexibility index (Phi) is 6.29. The molecule has 0 aliphatic rings. The number of hydrogen-bond donors (Lipinski definition) is 3. The number of hydrogen-bond acceptors (Lipinski definition) is 8. The Balaban J connectivity index is 1.68. The van der Waals surface area contributed by atoms with Gasteiger partial charge in [0.1, 0.15) is 0 Å². The summed E-state index contributed by atoms with van der Waals surface area (Å²) < 4.78 is 52.2. The van der Waals surface area contributed by atoms with Crippen LogP contribution in [0.4, 0.5) is 16.0 Å². The maximum Gasteiger partial charge on any atom is 0.261 e. The van der Waals surface area contributed by atoms with E-state index in [-0.39, 0.29) is 20.7 Å². The van der Waals surface area contributed by atoms with E-state index in [4.69, 9.17) is 0 Å². The van der Waals surface area contributed by atoms with Crippen molar-refractivity contribution >= 4 is 53.2 Å². The molecule has 164 valence electrons. The standard InChI is InChI=1S/C18H19N5O5S3/c1-11-4-9-15(10-12(11)2)31(27,28)22-14-7-5-13(6-8-14)16(24)19-17-20-21-18(29-17)23-30(3,25)26/h4-10,22H,1-3H3,(H,21,23)(H,19,20,24). The highest BCUT2D eigenvalue weighted by atomic mass is 32.2. The number of carbonyl (C=O) groups excluding carboxylic acids is 1. The van der Waals surface area contributed by atoms with Gasteiger partial charge in [0.15, 0.2) is 0 Å². The molecule has 3 N–H and O–H groups in total. The van der Waals surface area contributed by atoms with Crippen LogP contribution in [-0.4, -0.2) is 39.2 Å². The molecule has 0 atom stereocenters. The zero-order chi connectivity index (χ0) is 22.8. The van der Waals surface area contributed by atoms with Gasteiger partial charge in [-0.2, -0.15) is 0 Å². The molecule has 0 fully saturated rings. The van der Waals surface area contributed by atoms with Crippen LogP contribution in [-0.2, 0) is 20.0 Å². The predicted octanol–water partition coefficient (Wildman–Crippen LogP) is 2.58. The number of carbonyl (C=O) groups is 1. The van der Waals surface area contributed by atoms with Gasteiger partial charge in [-0.3, -0.25) is 19.6 Å². The quantitative estimate of drug-likeness (QED) is 0.470. The average Bonchev–Trinajstić information content (AvgIpc) is 3.09. The highest BCUT2D eigenvalue weighted by Crippen LogP contribution is 2.22. The molecule has 0 saturated heterocycles. The van der Waals surface area contributed by atoms with Crippen LogP contribution in [0.1, 0.15) is 21.5 Å². The average molecular weight is 482 g/mol. The van der Waals surface area contributed by atoms with E-state index in [1.807, 2.05) is 13.8 Å². The second-order valence-corrected chi connectivity index (χ2v) is 11.1. The fourth-order valence-electron chi connectivity index (χ4n) is 2.43. The number of benzene rings is 2. The first-order chi connectivity index (χ1) is 14.4. The summed E-state index contributed by atoms with van der Waals surface area (Å²) in [5.74, 6) is -0.509. The minimum absolute atomic E-state index is 0.0221. The van der Waals surface area contributed by atoms with E-state index in [2.05, 4.69) is 25.0 Å². The number of aryl methyl sites for hydroxylation is 2. The number of sulfonamides is 2. The third-order valence-corrected chi connectivity index (χ3v) is 6.93. The van der Waals surface area contributed by atoms with Crippen molar-refractivity contribution in [1.29, 1.82) is 0 Å². The fraction of sp³-hybridized carbons (Fsp3) is 0.167. The maximum absolute atomic E-state index is 12.6. The summed E-state index contributed by atoms with van der Waals surface area (Å²) in [6.07, 6.45) is 0.975. The van der Waals surface area contributed by atoms with Crippen molar-refractivity contribution in [2.75, 3.05) is 21.0 Å². The van der Waals surface area contributed by atoms with E-state index in [1.54, 1.807) is 12.1 Å². The van der Waals surface area contributed by atoms with E-state index in [0.29, 0.717) is 5.69 Å². The SMILES string of the molecule is Cc1ccc(S(=O)(=O)Nc2ccc(C(=O)Nc3nnc(NS(C)(=O)=O)s3)cc2)cc1C. The molecule has 10 nitrogen and oxygen atoms in total. The Morgan fingerprint density at radius 1 is 0.871 bits per heavy atom. The number of anilines is 3.